The van der Waals surface area contributed by atoms with E-state index in [4.69, 9.17) is 34.8 Å². The van der Waals surface area contributed by atoms with Crippen LogP contribution in [-0.4, -0.2) is 29.3 Å². The monoisotopic (exact) mass is 454 g/mol. The normalized spacial score (nSPS) is 12.0. The van der Waals surface area contributed by atoms with Crippen molar-refractivity contribution < 1.29 is 9.59 Å². The SMILES string of the molecule is CC(C)CNC(=O)[C@H](C)N(Cc1cccc(Cl)c1)C(=O)Cc1ccc(Cl)cc1Cl. The minimum atomic E-state index is -0.647. The summed E-state index contributed by atoms with van der Waals surface area (Å²) in [5.74, 6) is -0.0891. The third-order valence-electron chi connectivity index (χ3n) is 4.45. The lowest BCUT2D eigenvalue weighted by Crippen LogP contribution is -2.48. The van der Waals surface area contributed by atoms with Crippen molar-refractivity contribution in [3.63, 3.8) is 0 Å². The molecule has 1 atom stereocenters. The Morgan fingerprint density at radius 1 is 1.00 bits per heavy atom. The van der Waals surface area contributed by atoms with E-state index in [1.807, 2.05) is 26.0 Å². The van der Waals surface area contributed by atoms with Crippen molar-refractivity contribution in [2.45, 2.75) is 39.8 Å². The summed E-state index contributed by atoms with van der Waals surface area (Å²) < 4.78 is 0. The minimum absolute atomic E-state index is 0.0678. The molecule has 2 rings (SSSR count). The summed E-state index contributed by atoms with van der Waals surface area (Å²) in [4.78, 5) is 27.3. The first kappa shape index (κ1) is 23.5. The highest BCUT2D eigenvalue weighted by atomic mass is 35.5. The summed E-state index contributed by atoms with van der Waals surface area (Å²) in [6.07, 6.45) is 0.0678. The number of carbonyl (C=O) groups is 2. The summed E-state index contributed by atoms with van der Waals surface area (Å²) in [6, 6.07) is 11.6. The summed E-state index contributed by atoms with van der Waals surface area (Å²) in [5.41, 5.74) is 1.50. The molecule has 0 aliphatic carbocycles. The van der Waals surface area contributed by atoms with Gasteiger partial charge in [-0.15, -0.1) is 0 Å². The van der Waals surface area contributed by atoms with Gasteiger partial charge in [-0.1, -0.05) is 66.8 Å². The summed E-state index contributed by atoms with van der Waals surface area (Å²) in [6.45, 7) is 6.57. The predicted molar refractivity (Wildman–Crippen MR) is 119 cm³/mol. The molecule has 2 amide bonds. The van der Waals surface area contributed by atoms with E-state index in [1.54, 1.807) is 42.2 Å². The fraction of sp³-hybridized carbons (Fsp3) is 0.364. The van der Waals surface area contributed by atoms with Crippen LogP contribution in [0, 0.1) is 5.92 Å². The highest BCUT2D eigenvalue weighted by Gasteiger charge is 2.26. The molecule has 0 heterocycles. The lowest BCUT2D eigenvalue weighted by molar-refractivity contribution is -0.140. The molecule has 7 heteroatoms. The van der Waals surface area contributed by atoms with Gasteiger partial charge in [-0.05, 0) is 48.2 Å². The molecular weight excluding hydrogens is 431 g/mol. The van der Waals surface area contributed by atoms with Gasteiger partial charge in [0.2, 0.25) is 11.8 Å². The van der Waals surface area contributed by atoms with Gasteiger partial charge in [-0.3, -0.25) is 9.59 Å². The quantitative estimate of drug-likeness (QED) is 0.581. The lowest BCUT2D eigenvalue weighted by Gasteiger charge is -2.29. The number of nitrogens with zero attached hydrogens (tertiary/aromatic N) is 1. The molecule has 0 radical (unpaired) electrons. The lowest BCUT2D eigenvalue weighted by atomic mass is 10.1. The van der Waals surface area contributed by atoms with Gasteiger partial charge in [0, 0.05) is 28.2 Å². The maximum Gasteiger partial charge on any atom is 0.242 e. The molecule has 2 aromatic carbocycles. The number of carbonyl (C=O) groups excluding carboxylic acids is 2. The third kappa shape index (κ3) is 7.22. The predicted octanol–water partition coefficient (Wildman–Crippen LogP) is 5.38. The molecule has 0 aliphatic rings. The second-order valence-corrected chi connectivity index (χ2v) is 8.66. The molecule has 29 heavy (non-hydrogen) atoms. The van der Waals surface area contributed by atoms with Crippen LogP contribution in [0.3, 0.4) is 0 Å². The number of hydrogen-bond donors (Lipinski definition) is 1. The zero-order chi connectivity index (χ0) is 21.6. The first-order chi connectivity index (χ1) is 13.7. The molecule has 2 aromatic rings. The van der Waals surface area contributed by atoms with Gasteiger partial charge in [0.25, 0.3) is 0 Å². The molecule has 0 bridgehead atoms. The molecule has 0 spiro atoms. The van der Waals surface area contributed by atoms with Crippen LogP contribution >= 0.6 is 34.8 Å². The third-order valence-corrected chi connectivity index (χ3v) is 5.27. The number of nitrogens with one attached hydrogen (secondary N) is 1. The van der Waals surface area contributed by atoms with Crippen LogP contribution in [0.15, 0.2) is 42.5 Å². The van der Waals surface area contributed by atoms with E-state index in [2.05, 4.69) is 5.32 Å². The van der Waals surface area contributed by atoms with Gasteiger partial charge < -0.3 is 10.2 Å². The van der Waals surface area contributed by atoms with Crippen LogP contribution in [-0.2, 0) is 22.6 Å². The van der Waals surface area contributed by atoms with Gasteiger partial charge in [-0.25, -0.2) is 0 Å². The number of hydrogen-bond acceptors (Lipinski definition) is 2. The van der Waals surface area contributed by atoms with E-state index >= 15 is 0 Å². The van der Waals surface area contributed by atoms with Gasteiger partial charge in [0.1, 0.15) is 6.04 Å². The van der Waals surface area contributed by atoms with Crippen LogP contribution in [0.1, 0.15) is 31.9 Å². The Labute approximate surface area is 187 Å². The van der Waals surface area contributed by atoms with Gasteiger partial charge in [-0.2, -0.15) is 0 Å². The Morgan fingerprint density at radius 2 is 1.69 bits per heavy atom. The molecule has 156 valence electrons. The van der Waals surface area contributed by atoms with Crippen LogP contribution < -0.4 is 5.32 Å². The first-order valence-electron chi connectivity index (χ1n) is 9.43. The van der Waals surface area contributed by atoms with Gasteiger partial charge in [0.15, 0.2) is 0 Å². The average Bonchev–Trinajstić information content (AvgIpc) is 2.65. The van der Waals surface area contributed by atoms with E-state index < -0.39 is 6.04 Å². The van der Waals surface area contributed by atoms with Crippen molar-refractivity contribution in [2.24, 2.45) is 5.92 Å². The van der Waals surface area contributed by atoms with Crippen LogP contribution in [0.2, 0.25) is 15.1 Å². The fourth-order valence-corrected chi connectivity index (χ4v) is 3.48. The van der Waals surface area contributed by atoms with Crippen LogP contribution in [0.25, 0.3) is 0 Å². The van der Waals surface area contributed by atoms with Gasteiger partial charge in [0.05, 0.1) is 6.42 Å². The zero-order valence-electron chi connectivity index (χ0n) is 16.7. The molecule has 0 aliphatic heterocycles. The standard InChI is InChI=1S/C22H25Cl3N2O2/c1-14(2)12-26-22(29)15(3)27(13-16-5-4-6-18(23)9-16)21(28)10-17-7-8-19(24)11-20(17)25/h4-9,11,14-15H,10,12-13H2,1-3H3,(H,26,29)/t15-/m0/s1. The van der Waals surface area contributed by atoms with E-state index in [-0.39, 0.29) is 24.8 Å². The van der Waals surface area contributed by atoms with Crippen molar-refractivity contribution in [3.05, 3.63) is 68.7 Å². The van der Waals surface area contributed by atoms with Crippen LogP contribution in [0.5, 0.6) is 0 Å². The topological polar surface area (TPSA) is 49.4 Å². The molecule has 0 aromatic heterocycles. The van der Waals surface area contributed by atoms with E-state index in [9.17, 15) is 9.59 Å². The Hall–Kier alpha value is -1.75. The number of rotatable bonds is 8. The van der Waals surface area contributed by atoms with Crippen molar-refractivity contribution in [3.8, 4) is 0 Å². The fourth-order valence-electron chi connectivity index (χ4n) is 2.80. The Morgan fingerprint density at radius 3 is 2.31 bits per heavy atom. The van der Waals surface area contributed by atoms with Crippen molar-refractivity contribution in [1.29, 1.82) is 0 Å². The zero-order valence-corrected chi connectivity index (χ0v) is 19.0. The van der Waals surface area contributed by atoms with E-state index in [0.717, 1.165) is 5.56 Å². The summed E-state index contributed by atoms with van der Waals surface area (Å²) in [7, 11) is 0. The van der Waals surface area contributed by atoms with Crippen molar-refractivity contribution in [1.82, 2.24) is 10.2 Å². The average molecular weight is 456 g/mol. The maximum atomic E-state index is 13.1. The van der Waals surface area contributed by atoms with Crippen LogP contribution in [0.4, 0.5) is 0 Å². The molecule has 0 fully saturated rings. The first-order valence-corrected chi connectivity index (χ1v) is 10.6. The smallest absolute Gasteiger partial charge is 0.242 e. The minimum Gasteiger partial charge on any atom is -0.354 e. The Balaban J connectivity index is 2.24. The summed E-state index contributed by atoms with van der Waals surface area (Å²) in [5, 5.41) is 4.40. The van der Waals surface area contributed by atoms with Crippen molar-refractivity contribution >= 4 is 46.6 Å². The number of halogens is 3. The second-order valence-electron chi connectivity index (χ2n) is 7.38. The molecule has 1 N–H and O–H groups in total. The highest BCUT2D eigenvalue weighted by Crippen LogP contribution is 2.23. The number of benzene rings is 2. The van der Waals surface area contributed by atoms with Gasteiger partial charge >= 0.3 is 0 Å². The maximum absolute atomic E-state index is 13.1. The Bertz CT molecular complexity index is 871. The molecule has 0 saturated carbocycles. The second kappa shape index (κ2) is 10.9. The van der Waals surface area contributed by atoms with E-state index in [0.29, 0.717) is 33.1 Å². The summed E-state index contributed by atoms with van der Waals surface area (Å²) >= 11 is 18.3. The molecule has 0 saturated heterocycles. The molecule has 0 unspecified atom stereocenters. The number of amides is 2. The largest absolute Gasteiger partial charge is 0.354 e. The van der Waals surface area contributed by atoms with Crippen molar-refractivity contribution in [2.75, 3.05) is 6.54 Å². The molecule has 4 nitrogen and oxygen atoms in total. The van der Waals surface area contributed by atoms with E-state index in [1.165, 1.54) is 0 Å². The Kier molecular flexibility index (Phi) is 8.81. The molecular formula is C22H25Cl3N2O2. The highest BCUT2D eigenvalue weighted by molar-refractivity contribution is 6.35.